The summed E-state index contributed by atoms with van der Waals surface area (Å²) >= 11 is 1.29. The molecule has 3 heteroatoms. The number of thiophene rings is 1. The van der Waals surface area contributed by atoms with Crippen molar-refractivity contribution in [1.82, 2.24) is 0 Å². The monoisotopic (exact) mass is 204 g/mol. The van der Waals surface area contributed by atoms with Crippen LogP contribution in [0.25, 0.3) is 10.4 Å². The Balaban J connectivity index is 2.48. The van der Waals surface area contributed by atoms with E-state index < -0.39 is 0 Å². The van der Waals surface area contributed by atoms with Gasteiger partial charge in [-0.15, -0.1) is 11.3 Å². The molecule has 0 aliphatic rings. The number of benzene rings is 1. The van der Waals surface area contributed by atoms with E-state index in [0.29, 0.717) is 11.2 Å². The molecule has 14 heavy (non-hydrogen) atoms. The second kappa shape index (κ2) is 3.64. The molecule has 1 N–H and O–H groups in total. The summed E-state index contributed by atoms with van der Waals surface area (Å²) in [5.74, 6) is 0.0591. The van der Waals surface area contributed by atoms with Crippen LogP contribution in [-0.4, -0.2) is 11.4 Å². The number of carbonyl (C=O) groups excluding carboxylic acids is 1. The van der Waals surface area contributed by atoms with Crippen LogP contribution in [0.2, 0.25) is 0 Å². The standard InChI is InChI=1S/C11H8O2S/c12-7-11-9(13)6-10(14-11)8-4-2-1-3-5-8/h1-7,13H. The Bertz CT molecular complexity index is 446. The first-order valence-electron chi connectivity index (χ1n) is 4.14. The fourth-order valence-electron chi connectivity index (χ4n) is 1.22. The van der Waals surface area contributed by atoms with Gasteiger partial charge in [-0.2, -0.15) is 0 Å². The summed E-state index contributed by atoms with van der Waals surface area (Å²) in [5.41, 5.74) is 1.01. The van der Waals surface area contributed by atoms with Crippen LogP contribution < -0.4 is 0 Å². The van der Waals surface area contributed by atoms with Gasteiger partial charge in [-0.1, -0.05) is 30.3 Å². The molecular weight excluding hydrogens is 196 g/mol. The lowest BCUT2D eigenvalue weighted by molar-refractivity contribution is 0.112. The summed E-state index contributed by atoms with van der Waals surface area (Å²) in [4.78, 5) is 11.8. The highest BCUT2D eigenvalue weighted by Crippen LogP contribution is 2.34. The molecule has 0 radical (unpaired) electrons. The summed E-state index contributed by atoms with van der Waals surface area (Å²) in [6, 6.07) is 11.3. The van der Waals surface area contributed by atoms with E-state index in [-0.39, 0.29) is 5.75 Å². The number of hydrogen-bond acceptors (Lipinski definition) is 3. The first-order valence-corrected chi connectivity index (χ1v) is 4.96. The Morgan fingerprint density at radius 3 is 2.50 bits per heavy atom. The number of carbonyl (C=O) groups is 1. The third-order valence-electron chi connectivity index (χ3n) is 1.91. The molecule has 2 rings (SSSR count). The van der Waals surface area contributed by atoms with Crippen molar-refractivity contribution in [1.29, 1.82) is 0 Å². The van der Waals surface area contributed by atoms with E-state index in [9.17, 15) is 9.90 Å². The molecule has 0 aliphatic carbocycles. The minimum Gasteiger partial charge on any atom is -0.506 e. The van der Waals surface area contributed by atoms with Crippen molar-refractivity contribution in [2.45, 2.75) is 0 Å². The zero-order chi connectivity index (χ0) is 9.97. The maximum atomic E-state index is 10.5. The molecule has 1 aromatic heterocycles. The van der Waals surface area contributed by atoms with E-state index in [1.54, 1.807) is 6.07 Å². The average molecular weight is 204 g/mol. The fourth-order valence-corrected chi connectivity index (χ4v) is 2.10. The predicted octanol–water partition coefficient (Wildman–Crippen LogP) is 2.93. The Morgan fingerprint density at radius 1 is 1.21 bits per heavy atom. The molecule has 2 nitrogen and oxygen atoms in total. The number of aldehydes is 1. The predicted molar refractivity (Wildman–Crippen MR) is 56.8 cm³/mol. The first-order chi connectivity index (χ1) is 6.81. The van der Waals surface area contributed by atoms with Crippen LogP contribution in [0.5, 0.6) is 5.75 Å². The van der Waals surface area contributed by atoms with Gasteiger partial charge in [-0.05, 0) is 11.6 Å². The molecule has 0 unspecified atom stereocenters. The topological polar surface area (TPSA) is 37.3 Å². The molecule has 2 aromatic rings. The van der Waals surface area contributed by atoms with Crippen LogP contribution in [-0.2, 0) is 0 Å². The van der Waals surface area contributed by atoms with Crippen molar-refractivity contribution in [3.63, 3.8) is 0 Å². The zero-order valence-corrected chi connectivity index (χ0v) is 8.12. The third-order valence-corrected chi connectivity index (χ3v) is 3.00. The SMILES string of the molecule is O=Cc1sc(-c2ccccc2)cc1O. The quantitative estimate of drug-likeness (QED) is 0.763. The van der Waals surface area contributed by atoms with Crippen LogP contribution in [0.15, 0.2) is 36.4 Å². The van der Waals surface area contributed by atoms with Gasteiger partial charge in [0, 0.05) is 4.88 Å². The van der Waals surface area contributed by atoms with E-state index >= 15 is 0 Å². The van der Waals surface area contributed by atoms with Crippen molar-refractivity contribution in [3.05, 3.63) is 41.3 Å². The van der Waals surface area contributed by atoms with Gasteiger partial charge in [0.05, 0.1) is 0 Å². The Hall–Kier alpha value is -1.61. The third kappa shape index (κ3) is 1.54. The molecule has 0 saturated carbocycles. The van der Waals surface area contributed by atoms with Crippen molar-refractivity contribution in [2.24, 2.45) is 0 Å². The average Bonchev–Trinajstić information content (AvgIpc) is 2.61. The Labute approximate surface area is 85.4 Å². The van der Waals surface area contributed by atoms with Gasteiger partial charge < -0.3 is 5.11 Å². The summed E-state index contributed by atoms with van der Waals surface area (Å²) < 4.78 is 0. The maximum Gasteiger partial charge on any atom is 0.163 e. The summed E-state index contributed by atoms with van der Waals surface area (Å²) in [7, 11) is 0. The van der Waals surface area contributed by atoms with Gasteiger partial charge in [0.1, 0.15) is 10.6 Å². The van der Waals surface area contributed by atoms with Gasteiger partial charge in [-0.3, -0.25) is 4.79 Å². The van der Waals surface area contributed by atoms with E-state index in [1.807, 2.05) is 30.3 Å². The van der Waals surface area contributed by atoms with E-state index in [2.05, 4.69) is 0 Å². The summed E-state index contributed by atoms with van der Waals surface area (Å²) in [6.45, 7) is 0. The molecule has 0 amide bonds. The zero-order valence-electron chi connectivity index (χ0n) is 7.31. The normalized spacial score (nSPS) is 10.0. The van der Waals surface area contributed by atoms with Gasteiger partial charge >= 0.3 is 0 Å². The molecule has 0 atom stereocenters. The lowest BCUT2D eigenvalue weighted by Gasteiger charge is -1.93. The van der Waals surface area contributed by atoms with E-state index in [1.165, 1.54) is 11.3 Å². The minimum absolute atomic E-state index is 0.0591. The Morgan fingerprint density at radius 2 is 1.93 bits per heavy atom. The Kier molecular flexibility index (Phi) is 2.33. The maximum absolute atomic E-state index is 10.5. The van der Waals surface area contributed by atoms with E-state index in [4.69, 9.17) is 0 Å². The molecule has 70 valence electrons. The van der Waals surface area contributed by atoms with Crippen LogP contribution in [0.3, 0.4) is 0 Å². The summed E-state index contributed by atoms with van der Waals surface area (Å²) in [6.07, 6.45) is 0.673. The second-order valence-corrected chi connectivity index (χ2v) is 3.93. The molecule has 0 spiro atoms. The highest BCUT2D eigenvalue weighted by atomic mass is 32.1. The van der Waals surface area contributed by atoms with Gasteiger partial charge in [-0.25, -0.2) is 0 Å². The van der Waals surface area contributed by atoms with Crippen molar-refractivity contribution < 1.29 is 9.90 Å². The van der Waals surface area contributed by atoms with Crippen LogP contribution in [0, 0.1) is 0 Å². The largest absolute Gasteiger partial charge is 0.506 e. The molecule has 0 bridgehead atoms. The fraction of sp³-hybridized carbons (Fsp3) is 0. The van der Waals surface area contributed by atoms with Gasteiger partial charge in [0.25, 0.3) is 0 Å². The molecule has 0 fully saturated rings. The molecule has 0 saturated heterocycles. The highest BCUT2D eigenvalue weighted by Gasteiger charge is 2.07. The van der Waals surface area contributed by atoms with Crippen molar-refractivity contribution >= 4 is 17.6 Å². The lowest BCUT2D eigenvalue weighted by atomic mass is 10.2. The number of hydrogen-bond donors (Lipinski definition) is 1. The summed E-state index contributed by atoms with van der Waals surface area (Å²) in [5, 5.41) is 9.37. The van der Waals surface area contributed by atoms with Crippen molar-refractivity contribution in [3.8, 4) is 16.2 Å². The molecule has 0 aliphatic heterocycles. The van der Waals surface area contributed by atoms with E-state index in [0.717, 1.165) is 10.4 Å². The number of aromatic hydroxyl groups is 1. The van der Waals surface area contributed by atoms with Crippen LogP contribution in [0.4, 0.5) is 0 Å². The second-order valence-electron chi connectivity index (χ2n) is 2.84. The smallest absolute Gasteiger partial charge is 0.163 e. The van der Waals surface area contributed by atoms with Crippen LogP contribution >= 0.6 is 11.3 Å². The van der Waals surface area contributed by atoms with Gasteiger partial charge in [0.2, 0.25) is 0 Å². The molecular formula is C11H8O2S. The first kappa shape index (κ1) is 8.97. The molecule has 1 heterocycles. The number of rotatable bonds is 2. The van der Waals surface area contributed by atoms with Gasteiger partial charge in [0.15, 0.2) is 6.29 Å². The van der Waals surface area contributed by atoms with Crippen LogP contribution in [0.1, 0.15) is 9.67 Å². The minimum atomic E-state index is 0.0591. The molecule has 1 aromatic carbocycles. The van der Waals surface area contributed by atoms with Crippen molar-refractivity contribution in [2.75, 3.05) is 0 Å². The lowest BCUT2D eigenvalue weighted by Crippen LogP contribution is -1.67. The highest BCUT2D eigenvalue weighted by molar-refractivity contribution is 7.17.